The Bertz CT molecular complexity index is 847. The molecule has 0 saturated heterocycles. The zero-order valence-electron chi connectivity index (χ0n) is 10.9. The number of nitrogens with zero attached hydrogens (tertiary/aromatic N) is 1. The van der Waals surface area contributed by atoms with Gasteiger partial charge in [-0.1, -0.05) is 48.5 Å². The number of pyridine rings is 1. The van der Waals surface area contributed by atoms with E-state index in [1.807, 2.05) is 18.3 Å². The predicted molar refractivity (Wildman–Crippen MR) is 84.1 cm³/mol. The third-order valence-corrected chi connectivity index (χ3v) is 4.10. The minimum absolute atomic E-state index is 0.535. The largest absolute Gasteiger partial charge is 0.244 e. The normalized spacial score (nSPS) is 12.6. The second-order valence-corrected chi connectivity index (χ2v) is 5.54. The summed E-state index contributed by atoms with van der Waals surface area (Å²) in [7, 11) is 0. The molecule has 1 aliphatic rings. The van der Waals surface area contributed by atoms with Crippen LogP contribution in [0.3, 0.4) is 0 Å². The molecule has 0 saturated carbocycles. The minimum atomic E-state index is 0.535. The van der Waals surface area contributed by atoms with Gasteiger partial charge in [0.2, 0.25) is 0 Å². The highest BCUT2D eigenvalue weighted by Crippen LogP contribution is 2.47. The van der Waals surface area contributed by atoms with Crippen molar-refractivity contribution in [1.29, 1.82) is 0 Å². The zero-order valence-corrected chi connectivity index (χ0v) is 11.6. The van der Waals surface area contributed by atoms with Gasteiger partial charge in [0.15, 0.2) is 0 Å². The molecule has 0 radical (unpaired) electrons. The lowest BCUT2D eigenvalue weighted by Gasteiger charge is -2.06. The van der Waals surface area contributed by atoms with Gasteiger partial charge in [-0.3, -0.25) is 0 Å². The topological polar surface area (TPSA) is 12.9 Å². The molecule has 0 fully saturated rings. The van der Waals surface area contributed by atoms with Gasteiger partial charge in [0.05, 0.1) is 0 Å². The fraction of sp³-hybridized carbons (Fsp3) is 0.0556. The average Bonchev–Trinajstić information content (AvgIpc) is 3.12. The van der Waals surface area contributed by atoms with Crippen molar-refractivity contribution in [2.24, 2.45) is 0 Å². The predicted octanol–water partition coefficient (Wildman–Crippen LogP) is 4.85. The van der Waals surface area contributed by atoms with Gasteiger partial charge < -0.3 is 0 Å². The van der Waals surface area contributed by atoms with Crippen LogP contribution in [0.15, 0.2) is 55.2 Å². The van der Waals surface area contributed by atoms with Crippen LogP contribution in [0.25, 0.3) is 16.3 Å². The molecule has 0 unspecified atom stereocenters. The van der Waals surface area contributed by atoms with Crippen LogP contribution in [-0.2, 0) is 6.42 Å². The first-order chi connectivity index (χ1) is 9.74. The molecule has 2 heteroatoms. The van der Waals surface area contributed by atoms with Crippen LogP contribution >= 0.6 is 11.6 Å². The Morgan fingerprint density at radius 1 is 1.05 bits per heavy atom. The van der Waals surface area contributed by atoms with E-state index in [1.165, 1.54) is 38.6 Å². The van der Waals surface area contributed by atoms with Gasteiger partial charge in [0.25, 0.3) is 0 Å². The Morgan fingerprint density at radius 3 is 2.60 bits per heavy atom. The molecule has 0 amide bonds. The van der Waals surface area contributed by atoms with E-state index >= 15 is 0 Å². The summed E-state index contributed by atoms with van der Waals surface area (Å²) >= 11 is 5.84. The van der Waals surface area contributed by atoms with E-state index in [0.29, 0.717) is 5.15 Å². The van der Waals surface area contributed by atoms with Crippen LogP contribution in [0.5, 0.6) is 0 Å². The van der Waals surface area contributed by atoms with Crippen molar-refractivity contribution in [2.75, 3.05) is 0 Å². The van der Waals surface area contributed by atoms with Gasteiger partial charge in [-0.25, -0.2) is 4.98 Å². The Labute approximate surface area is 122 Å². The molecule has 0 aliphatic heterocycles. The molecule has 20 heavy (non-hydrogen) atoms. The highest BCUT2D eigenvalue weighted by atomic mass is 35.5. The van der Waals surface area contributed by atoms with E-state index in [4.69, 9.17) is 11.6 Å². The molecule has 1 heterocycles. The second-order valence-electron chi connectivity index (χ2n) is 5.15. The minimum Gasteiger partial charge on any atom is -0.244 e. The molecule has 1 aromatic heterocycles. The van der Waals surface area contributed by atoms with E-state index in [9.17, 15) is 0 Å². The van der Waals surface area contributed by atoms with Gasteiger partial charge in [0, 0.05) is 6.20 Å². The van der Waals surface area contributed by atoms with Crippen LogP contribution in [0, 0.1) is 0 Å². The third-order valence-electron chi connectivity index (χ3n) is 3.88. The van der Waals surface area contributed by atoms with Crippen LogP contribution in [-0.4, -0.2) is 4.98 Å². The lowest BCUT2D eigenvalue weighted by molar-refractivity contribution is 1.16. The lowest BCUT2D eigenvalue weighted by Crippen LogP contribution is -1.90. The van der Waals surface area contributed by atoms with Gasteiger partial charge in [0.1, 0.15) is 5.15 Å². The van der Waals surface area contributed by atoms with Crippen molar-refractivity contribution < 1.29 is 0 Å². The van der Waals surface area contributed by atoms with Crippen molar-refractivity contribution in [3.05, 3.63) is 82.6 Å². The molecule has 0 bridgehead atoms. The first kappa shape index (κ1) is 11.7. The van der Waals surface area contributed by atoms with Crippen LogP contribution in [0.2, 0.25) is 5.15 Å². The van der Waals surface area contributed by atoms with Crippen LogP contribution < -0.4 is 0 Å². The maximum Gasteiger partial charge on any atom is 0.129 e. The number of hydrogen-bond donors (Lipinski definition) is 0. The van der Waals surface area contributed by atoms with Gasteiger partial charge in [-0.05, 0) is 57.2 Å². The fourth-order valence-electron chi connectivity index (χ4n) is 2.82. The van der Waals surface area contributed by atoms with Gasteiger partial charge in [-0.15, -0.1) is 0 Å². The molecule has 4 rings (SSSR count). The zero-order chi connectivity index (χ0) is 13.7. The number of rotatable bonds is 2. The quantitative estimate of drug-likeness (QED) is 0.477. The third kappa shape index (κ3) is 1.75. The summed E-state index contributed by atoms with van der Waals surface area (Å²) in [5, 5.41) is 3.15. The number of hydrogen-bond acceptors (Lipinski definition) is 1. The van der Waals surface area contributed by atoms with E-state index in [1.54, 1.807) is 0 Å². The monoisotopic (exact) mass is 277 g/mol. The Morgan fingerprint density at radius 2 is 1.85 bits per heavy atom. The van der Waals surface area contributed by atoms with Gasteiger partial charge >= 0.3 is 0 Å². The average molecular weight is 278 g/mol. The summed E-state index contributed by atoms with van der Waals surface area (Å²) in [6.07, 6.45) is 2.71. The summed E-state index contributed by atoms with van der Waals surface area (Å²) in [4.78, 5) is 4.15. The Balaban J connectivity index is 1.85. The summed E-state index contributed by atoms with van der Waals surface area (Å²) in [5.74, 6) is 0. The summed E-state index contributed by atoms with van der Waals surface area (Å²) < 4.78 is 0. The van der Waals surface area contributed by atoms with Gasteiger partial charge in [-0.2, -0.15) is 0 Å². The molecule has 3 aromatic rings. The fourth-order valence-corrected chi connectivity index (χ4v) is 2.93. The molecule has 1 aliphatic carbocycles. The summed E-state index contributed by atoms with van der Waals surface area (Å²) in [6, 6.07) is 14.7. The van der Waals surface area contributed by atoms with Crippen molar-refractivity contribution in [1.82, 2.24) is 4.98 Å². The standard InChI is InChI=1S/C18H12ClN/c1-11-16-9-13(8-12-6-7-17(19)20-10-12)14-4-2-3-5-15(14)18(11)16/h2-7,9-10H,1,8H2. The number of aromatic nitrogens is 1. The first-order valence-corrected chi connectivity index (χ1v) is 6.96. The lowest BCUT2D eigenvalue weighted by atomic mass is 9.99. The maximum absolute atomic E-state index is 5.84. The number of benzene rings is 2. The van der Waals surface area contributed by atoms with E-state index in [-0.39, 0.29) is 0 Å². The molecule has 2 aromatic carbocycles. The SMILES string of the molecule is C=C1c2cc(Cc3ccc(Cl)nc3)c3ccccc3c21. The summed E-state index contributed by atoms with van der Waals surface area (Å²) in [5.41, 5.74) is 6.31. The smallest absolute Gasteiger partial charge is 0.129 e. The highest BCUT2D eigenvalue weighted by Gasteiger charge is 2.26. The molecule has 1 nitrogen and oxygen atoms in total. The Kier molecular flexibility index (Phi) is 2.45. The maximum atomic E-state index is 5.84. The molecule has 0 atom stereocenters. The Hall–Kier alpha value is -2.12. The van der Waals surface area contributed by atoms with E-state index < -0.39 is 0 Å². The van der Waals surface area contributed by atoms with Crippen molar-refractivity contribution >= 4 is 27.9 Å². The van der Waals surface area contributed by atoms with E-state index in [0.717, 1.165) is 6.42 Å². The van der Waals surface area contributed by atoms with Crippen molar-refractivity contribution in [3.63, 3.8) is 0 Å². The molecular formula is C18H12ClN. The van der Waals surface area contributed by atoms with Crippen LogP contribution in [0.4, 0.5) is 0 Å². The summed E-state index contributed by atoms with van der Waals surface area (Å²) in [6.45, 7) is 4.11. The molecular weight excluding hydrogens is 266 g/mol. The molecule has 0 spiro atoms. The first-order valence-electron chi connectivity index (χ1n) is 6.59. The molecule has 0 N–H and O–H groups in total. The number of fused-ring (bicyclic) bond motifs is 3. The second kappa shape index (κ2) is 4.19. The van der Waals surface area contributed by atoms with Crippen LogP contribution in [0.1, 0.15) is 22.3 Å². The van der Waals surface area contributed by atoms with Crippen molar-refractivity contribution in [3.8, 4) is 0 Å². The number of halogens is 1. The van der Waals surface area contributed by atoms with E-state index in [2.05, 4.69) is 41.9 Å². The molecule has 96 valence electrons. The van der Waals surface area contributed by atoms with Crippen molar-refractivity contribution in [2.45, 2.75) is 6.42 Å². The highest BCUT2D eigenvalue weighted by molar-refractivity contribution is 6.29.